The molecule has 2 fully saturated rings. The Balaban J connectivity index is 0.00000288. The van der Waals surface area contributed by atoms with Crippen molar-refractivity contribution in [2.45, 2.75) is 45.1 Å². The van der Waals surface area contributed by atoms with Crippen LogP contribution < -0.4 is 11.1 Å². The lowest BCUT2D eigenvalue weighted by molar-refractivity contribution is -0.146. The van der Waals surface area contributed by atoms with Gasteiger partial charge in [0.15, 0.2) is 0 Å². The molecule has 138 valence electrons. The van der Waals surface area contributed by atoms with Crippen LogP contribution in [-0.2, 0) is 14.4 Å². The number of nitrogens with two attached hydrogens (primary N) is 1. The van der Waals surface area contributed by atoms with Gasteiger partial charge in [-0.3, -0.25) is 14.4 Å². The van der Waals surface area contributed by atoms with Crippen molar-refractivity contribution in [2.24, 2.45) is 11.7 Å². The molecule has 2 saturated heterocycles. The summed E-state index contributed by atoms with van der Waals surface area (Å²) in [6, 6.07) is -0.379. The molecule has 0 saturated carbocycles. The van der Waals surface area contributed by atoms with Crippen molar-refractivity contribution >= 4 is 30.1 Å². The van der Waals surface area contributed by atoms with Crippen molar-refractivity contribution in [2.75, 3.05) is 32.7 Å². The van der Waals surface area contributed by atoms with E-state index in [9.17, 15) is 14.4 Å². The Morgan fingerprint density at radius 1 is 1.33 bits per heavy atom. The van der Waals surface area contributed by atoms with E-state index in [0.717, 1.165) is 19.3 Å². The summed E-state index contributed by atoms with van der Waals surface area (Å²) in [7, 11) is 0. The van der Waals surface area contributed by atoms with Gasteiger partial charge in [-0.05, 0) is 25.7 Å². The third-order valence-electron chi connectivity index (χ3n) is 4.71. The summed E-state index contributed by atoms with van der Waals surface area (Å²) >= 11 is 0. The second-order valence-corrected chi connectivity index (χ2v) is 6.32. The minimum Gasteiger partial charge on any atom is -0.355 e. The largest absolute Gasteiger partial charge is 0.355 e. The van der Waals surface area contributed by atoms with E-state index in [2.05, 4.69) is 5.32 Å². The SMILES string of the molecule is CCC(C(=O)N1CCCC(C(=O)NCCN)C1)N1CCCC1=O.Cl. The fourth-order valence-electron chi connectivity index (χ4n) is 3.47. The fraction of sp³-hybridized carbons (Fsp3) is 0.812. The number of nitrogens with zero attached hydrogens (tertiary/aromatic N) is 2. The lowest BCUT2D eigenvalue weighted by atomic mass is 9.96. The van der Waals surface area contributed by atoms with E-state index in [-0.39, 0.29) is 42.1 Å². The van der Waals surface area contributed by atoms with Crippen LogP contribution >= 0.6 is 12.4 Å². The molecule has 0 bridgehead atoms. The molecule has 3 amide bonds. The number of carbonyl (C=O) groups is 3. The van der Waals surface area contributed by atoms with Crippen LogP contribution in [0.1, 0.15) is 39.0 Å². The zero-order valence-electron chi connectivity index (χ0n) is 14.3. The van der Waals surface area contributed by atoms with Gasteiger partial charge in [-0.25, -0.2) is 0 Å². The van der Waals surface area contributed by atoms with Crippen LogP contribution in [0.2, 0.25) is 0 Å². The molecule has 0 aromatic carbocycles. The first-order chi connectivity index (χ1) is 11.1. The van der Waals surface area contributed by atoms with Crippen LogP contribution in [0, 0.1) is 5.92 Å². The van der Waals surface area contributed by atoms with E-state index >= 15 is 0 Å². The highest BCUT2D eigenvalue weighted by atomic mass is 35.5. The summed E-state index contributed by atoms with van der Waals surface area (Å²) in [6.07, 6.45) is 3.59. The maximum absolute atomic E-state index is 12.8. The highest BCUT2D eigenvalue weighted by Gasteiger charge is 2.36. The zero-order valence-corrected chi connectivity index (χ0v) is 15.1. The predicted molar refractivity (Wildman–Crippen MR) is 93.6 cm³/mol. The molecule has 2 atom stereocenters. The summed E-state index contributed by atoms with van der Waals surface area (Å²) in [4.78, 5) is 40.3. The number of rotatable bonds is 6. The minimum atomic E-state index is -0.379. The Kier molecular flexibility index (Phi) is 8.48. The standard InChI is InChI=1S/C16H28N4O3.ClH/c1-2-13(20-10-4-6-14(20)21)16(23)19-9-3-5-12(11-19)15(22)18-8-7-17;/h12-13H,2-11,17H2,1H3,(H,18,22);1H. The summed E-state index contributed by atoms with van der Waals surface area (Å²) in [5, 5.41) is 2.80. The molecule has 2 heterocycles. The summed E-state index contributed by atoms with van der Waals surface area (Å²) in [5.74, 6) is -0.150. The van der Waals surface area contributed by atoms with Gasteiger partial charge in [0.2, 0.25) is 17.7 Å². The molecule has 2 unspecified atom stereocenters. The topological polar surface area (TPSA) is 95.7 Å². The molecule has 0 spiro atoms. The summed E-state index contributed by atoms with van der Waals surface area (Å²) < 4.78 is 0. The Hall–Kier alpha value is -1.34. The quantitative estimate of drug-likeness (QED) is 0.703. The molecule has 2 rings (SSSR count). The second-order valence-electron chi connectivity index (χ2n) is 6.32. The average molecular weight is 361 g/mol. The van der Waals surface area contributed by atoms with Crippen LogP contribution in [0.5, 0.6) is 0 Å². The number of amides is 3. The predicted octanol–water partition coefficient (Wildman–Crippen LogP) is 0.123. The smallest absolute Gasteiger partial charge is 0.245 e. The maximum atomic E-state index is 12.8. The Labute approximate surface area is 149 Å². The number of hydrogen-bond donors (Lipinski definition) is 2. The molecule has 0 radical (unpaired) electrons. The van der Waals surface area contributed by atoms with Crippen LogP contribution in [0.15, 0.2) is 0 Å². The first-order valence-corrected chi connectivity index (χ1v) is 8.64. The van der Waals surface area contributed by atoms with Crippen LogP contribution in [-0.4, -0.2) is 66.3 Å². The molecule has 2 aliphatic heterocycles. The molecule has 0 aromatic heterocycles. The highest BCUT2D eigenvalue weighted by molar-refractivity contribution is 5.89. The van der Waals surface area contributed by atoms with Gasteiger partial charge in [-0.15, -0.1) is 12.4 Å². The number of nitrogens with one attached hydrogen (secondary N) is 1. The summed E-state index contributed by atoms with van der Waals surface area (Å²) in [6.45, 7) is 4.58. The van der Waals surface area contributed by atoms with E-state index in [1.54, 1.807) is 9.80 Å². The molecular weight excluding hydrogens is 332 g/mol. The fourth-order valence-corrected chi connectivity index (χ4v) is 3.47. The first kappa shape index (κ1) is 20.7. The third-order valence-corrected chi connectivity index (χ3v) is 4.71. The third kappa shape index (κ3) is 4.83. The minimum absolute atomic E-state index is 0. The van der Waals surface area contributed by atoms with E-state index in [0.29, 0.717) is 45.6 Å². The molecule has 24 heavy (non-hydrogen) atoms. The number of hydrogen-bond acceptors (Lipinski definition) is 4. The molecule has 3 N–H and O–H groups in total. The number of halogens is 1. The van der Waals surface area contributed by atoms with Crippen LogP contribution in [0.4, 0.5) is 0 Å². The molecule has 7 nitrogen and oxygen atoms in total. The molecule has 0 aliphatic carbocycles. The monoisotopic (exact) mass is 360 g/mol. The Bertz CT molecular complexity index is 461. The van der Waals surface area contributed by atoms with Crippen molar-refractivity contribution in [1.29, 1.82) is 0 Å². The van der Waals surface area contributed by atoms with Gasteiger partial charge in [-0.2, -0.15) is 0 Å². The maximum Gasteiger partial charge on any atom is 0.245 e. The van der Waals surface area contributed by atoms with Gasteiger partial charge in [0.05, 0.1) is 5.92 Å². The second kappa shape index (κ2) is 9.84. The number of piperidine rings is 1. The number of likely N-dealkylation sites (tertiary alicyclic amines) is 2. The van der Waals surface area contributed by atoms with Gasteiger partial charge < -0.3 is 20.9 Å². The molecule has 8 heteroatoms. The highest BCUT2D eigenvalue weighted by Crippen LogP contribution is 2.22. The van der Waals surface area contributed by atoms with Crippen molar-refractivity contribution < 1.29 is 14.4 Å². The molecular formula is C16H29ClN4O3. The van der Waals surface area contributed by atoms with Gasteiger partial charge >= 0.3 is 0 Å². The molecule has 0 aromatic rings. The Morgan fingerprint density at radius 2 is 2.08 bits per heavy atom. The van der Waals surface area contributed by atoms with E-state index in [4.69, 9.17) is 5.73 Å². The van der Waals surface area contributed by atoms with Crippen molar-refractivity contribution in [1.82, 2.24) is 15.1 Å². The van der Waals surface area contributed by atoms with Crippen LogP contribution in [0.3, 0.4) is 0 Å². The normalized spacial score (nSPS) is 22.1. The van der Waals surface area contributed by atoms with Crippen molar-refractivity contribution in [3.8, 4) is 0 Å². The zero-order chi connectivity index (χ0) is 16.8. The van der Waals surface area contributed by atoms with E-state index in [1.807, 2.05) is 6.92 Å². The lowest BCUT2D eigenvalue weighted by Crippen LogP contribution is -2.53. The first-order valence-electron chi connectivity index (χ1n) is 8.64. The van der Waals surface area contributed by atoms with Crippen molar-refractivity contribution in [3.63, 3.8) is 0 Å². The van der Waals surface area contributed by atoms with Crippen LogP contribution in [0.25, 0.3) is 0 Å². The van der Waals surface area contributed by atoms with Gasteiger partial charge in [-0.1, -0.05) is 6.92 Å². The van der Waals surface area contributed by atoms with E-state index in [1.165, 1.54) is 0 Å². The van der Waals surface area contributed by atoms with Gasteiger partial charge in [0.1, 0.15) is 6.04 Å². The number of carbonyl (C=O) groups excluding carboxylic acids is 3. The van der Waals surface area contributed by atoms with Gasteiger partial charge in [0.25, 0.3) is 0 Å². The van der Waals surface area contributed by atoms with Gasteiger partial charge in [0, 0.05) is 39.1 Å². The lowest BCUT2D eigenvalue weighted by Gasteiger charge is -2.36. The Morgan fingerprint density at radius 3 is 2.67 bits per heavy atom. The summed E-state index contributed by atoms with van der Waals surface area (Å²) in [5.41, 5.74) is 5.41. The van der Waals surface area contributed by atoms with Crippen molar-refractivity contribution in [3.05, 3.63) is 0 Å². The average Bonchev–Trinajstić information content (AvgIpc) is 2.99. The van der Waals surface area contributed by atoms with E-state index < -0.39 is 0 Å². The molecule has 2 aliphatic rings.